The quantitative estimate of drug-likeness (QED) is 0.890. The minimum atomic E-state index is -0.963. The summed E-state index contributed by atoms with van der Waals surface area (Å²) in [5.41, 5.74) is 0.930. The van der Waals surface area contributed by atoms with E-state index in [0.717, 1.165) is 0 Å². The van der Waals surface area contributed by atoms with Crippen LogP contribution in [0.5, 0.6) is 0 Å². The van der Waals surface area contributed by atoms with E-state index in [2.05, 4.69) is 10.3 Å². The third-order valence-electron chi connectivity index (χ3n) is 2.78. The fraction of sp³-hybridized carbons (Fsp3) is 0.214. The number of carboxylic acid groups (broad SMARTS) is 1. The first kappa shape index (κ1) is 15.1. The van der Waals surface area contributed by atoms with Crippen molar-refractivity contribution in [2.45, 2.75) is 19.3 Å². The molecule has 1 amide bonds. The van der Waals surface area contributed by atoms with Crippen molar-refractivity contribution in [3.8, 4) is 0 Å². The molecule has 7 heteroatoms. The summed E-state index contributed by atoms with van der Waals surface area (Å²) < 4.78 is 12.8. The second-order valence-corrected chi connectivity index (χ2v) is 5.36. The number of aromatic nitrogens is 1. The first-order valence-electron chi connectivity index (χ1n) is 6.18. The van der Waals surface area contributed by atoms with Gasteiger partial charge in [0.1, 0.15) is 10.8 Å². The normalized spacial score (nSPS) is 11.9. The van der Waals surface area contributed by atoms with E-state index < -0.39 is 11.9 Å². The third kappa shape index (κ3) is 4.09. The molecule has 0 spiro atoms. The Hall–Kier alpha value is -2.28. The van der Waals surface area contributed by atoms with Gasteiger partial charge < -0.3 is 10.4 Å². The molecule has 0 unspecified atom stereocenters. The number of hydrogen-bond acceptors (Lipinski definition) is 4. The lowest BCUT2D eigenvalue weighted by molar-refractivity contribution is -0.136. The number of carboxylic acids is 1. The highest BCUT2D eigenvalue weighted by molar-refractivity contribution is 7.09. The lowest BCUT2D eigenvalue weighted by Crippen LogP contribution is -2.18. The number of amides is 1. The SMILES string of the molecule is C[C@H](C(=O)Nc1ccc(F)cc1)c1nc(CC(=O)O)cs1. The lowest BCUT2D eigenvalue weighted by atomic mass is 10.1. The Kier molecular flexibility index (Phi) is 4.64. The van der Waals surface area contributed by atoms with Crippen LogP contribution in [0.4, 0.5) is 10.1 Å². The van der Waals surface area contributed by atoms with Crippen LogP contribution in [0.3, 0.4) is 0 Å². The molecule has 2 N–H and O–H groups in total. The van der Waals surface area contributed by atoms with Gasteiger partial charge in [-0.3, -0.25) is 9.59 Å². The molecule has 0 aliphatic heterocycles. The Labute approximate surface area is 124 Å². The minimum Gasteiger partial charge on any atom is -0.481 e. The van der Waals surface area contributed by atoms with Crippen LogP contribution < -0.4 is 5.32 Å². The molecule has 5 nitrogen and oxygen atoms in total. The number of carbonyl (C=O) groups excluding carboxylic acids is 1. The van der Waals surface area contributed by atoms with E-state index in [0.29, 0.717) is 16.4 Å². The van der Waals surface area contributed by atoms with Crippen molar-refractivity contribution < 1.29 is 19.1 Å². The summed E-state index contributed by atoms with van der Waals surface area (Å²) in [5.74, 6) is -2.13. The standard InChI is InChI=1S/C14H13FN2O3S/c1-8(14-17-11(7-21-14)6-12(18)19)13(20)16-10-4-2-9(15)3-5-10/h2-5,7-8H,6H2,1H3,(H,16,20)(H,18,19)/t8-/m1/s1. The molecule has 0 saturated carbocycles. The number of nitrogens with one attached hydrogen (secondary N) is 1. The molecule has 0 fully saturated rings. The van der Waals surface area contributed by atoms with Gasteiger partial charge in [-0.25, -0.2) is 9.37 Å². The largest absolute Gasteiger partial charge is 0.481 e. The number of benzene rings is 1. The molecule has 1 aromatic carbocycles. The molecule has 2 rings (SSSR count). The van der Waals surface area contributed by atoms with E-state index in [1.807, 2.05) is 0 Å². The highest BCUT2D eigenvalue weighted by atomic mass is 32.1. The summed E-state index contributed by atoms with van der Waals surface area (Å²) in [6, 6.07) is 5.46. The maximum Gasteiger partial charge on any atom is 0.309 e. The van der Waals surface area contributed by atoms with E-state index in [1.165, 1.54) is 35.6 Å². The van der Waals surface area contributed by atoms with Crippen LogP contribution in [0.1, 0.15) is 23.5 Å². The topological polar surface area (TPSA) is 79.3 Å². The average molecular weight is 308 g/mol. The van der Waals surface area contributed by atoms with Gasteiger partial charge >= 0.3 is 5.97 Å². The molecule has 2 aromatic rings. The van der Waals surface area contributed by atoms with Crippen LogP contribution in [0.2, 0.25) is 0 Å². The van der Waals surface area contributed by atoms with Crippen LogP contribution in [0, 0.1) is 5.82 Å². The van der Waals surface area contributed by atoms with E-state index in [4.69, 9.17) is 5.11 Å². The van der Waals surface area contributed by atoms with Gasteiger partial charge in [-0.1, -0.05) is 0 Å². The Balaban J connectivity index is 2.03. The fourth-order valence-corrected chi connectivity index (χ4v) is 2.53. The molecule has 0 radical (unpaired) electrons. The lowest BCUT2D eigenvalue weighted by Gasteiger charge is -2.09. The van der Waals surface area contributed by atoms with Gasteiger partial charge in [0.25, 0.3) is 0 Å². The zero-order valence-corrected chi connectivity index (χ0v) is 12.0. The van der Waals surface area contributed by atoms with Crippen molar-refractivity contribution in [3.05, 3.63) is 46.2 Å². The third-order valence-corrected chi connectivity index (χ3v) is 3.85. The highest BCUT2D eigenvalue weighted by Gasteiger charge is 2.19. The molecule has 1 atom stereocenters. The van der Waals surface area contributed by atoms with Gasteiger partial charge in [0.15, 0.2) is 0 Å². The number of hydrogen-bond donors (Lipinski definition) is 2. The van der Waals surface area contributed by atoms with E-state index in [9.17, 15) is 14.0 Å². The van der Waals surface area contributed by atoms with Gasteiger partial charge in [-0.15, -0.1) is 11.3 Å². The highest BCUT2D eigenvalue weighted by Crippen LogP contribution is 2.22. The van der Waals surface area contributed by atoms with Gasteiger partial charge in [-0.05, 0) is 31.2 Å². The summed E-state index contributed by atoms with van der Waals surface area (Å²) in [6.45, 7) is 1.68. The Morgan fingerprint density at radius 3 is 2.67 bits per heavy atom. The maximum absolute atomic E-state index is 12.8. The smallest absolute Gasteiger partial charge is 0.309 e. The first-order chi connectivity index (χ1) is 9.95. The van der Waals surface area contributed by atoms with E-state index >= 15 is 0 Å². The molecular formula is C14H13FN2O3S. The van der Waals surface area contributed by atoms with E-state index in [1.54, 1.807) is 12.3 Å². The van der Waals surface area contributed by atoms with Crippen molar-refractivity contribution in [2.24, 2.45) is 0 Å². The number of aliphatic carboxylic acids is 1. The summed E-state index contributed by atoms with van der Waals surface area (Å²) in [6.07, 6.45) is -0.164. The van der Waals surface area contributed by atoms with Gasteiger partial charge in [0.2, 0.25) is 5.91 Å². The van der Waals surface area contributed by atoms with Crippen molar-refractivity contribution in [1.29, 1.82) is 0 Å². The second kappa shape index (κ2) is 6.45. The number of nitrogens with zero attached hydrogens (tertiary/aromatic N) is 1. The molecule has 0 aliphatic rings. The van der Waals surface area contributed by atoms with E-state index in [-0.39, 0.29) is 18.1 Å². The molecule has 21 heavy (non-hydrogen) atoms. The second-order valence-electron chi connectivity index (χ2n) is 4.47. The van der Waals surface area contributed by atoms with Gasteiger partial charge in [0.05, 0.1) is 18.0 Å². The number of thiazole rings is 1. The molecule has 1 heterocycles. The van der Waals surface area contributed by atoms with Crippen molar-refractivity contribution in [1.82, 2.24) is 4.98 Å². The molecular weight excluding hydrogens is 295 g/mol. The molecule has 0 aliphatic carbocycles. The predicted molar refractivity (Wildman–Crippen MR) is 76.9 cm³/mol. The van der Waals surface area contributed by atoms with Crippen LogP contribution in [-0.4, -0.2) is 22.0 Å². The van der Waals surface area contributed by atoms with Crippen molar-refractivity contribution in [2.75, 3.05) is 5.32 Å². The molecule has 110 valence electrons. The summed E-state index contributed by atoms with van der Waals surface area (Å²) in [7, 11) is 0. The monoisotopic (exact) mass is 308 g/mol. The number of carbonyl (C=O) groups is 2. The molecule has 0 saturated heterocycles. The molecule has 0 bridgehead atoms. The zero-order chi connectivity index (χ0) is 15.4. The summed E-state index contributed by atoms with van der Waals surface area (Å²) in [4.78, 5) is 26.8. The minimum absolute atomic E-state index is 0.164. The van der Waals surface area contributed by atoms with Gasteiger partial charge in [-0.2, -0.15) is 0 Å². The number of anilines is 1. The van der Waals surface area contributed by atoms with Gasteiger partial charge in [0, 0.05) is 11.1 Å². The van der Waals surface area contributed by atoms with Crippen molar-refractivity contribution in [3.63, 3.8) is 0 Å². The van der Waals surface area contributed by atoms with Crippen LogP contribution in [0.15, 0.2) is 29.6 Å². The van der Waals surface area contributed by atoms with Crippen LogP contribution >= 0.6 is 11.3 Å². The average Bonchev–Trinajstić information content (AvgIpc) is 2.88. The summed E-state index contributed by atoms with van der Waals surface area (Å²) in [5, 5.41) is 13.5. The number of rotatable bonds is 5. The summed E-state index contributed by atoms with van der Waals surface area (Å²) >= 11 is 1.25. The number of halogens is 1. The Morgan fingerprint density at radius 1 is 1.38 bits per heavy atom. The van der Waals surface area contributed by atoms with Crippen LogP contribution in [-0.2, 0) is 16.0 Å². The molecule has 1 aromatic heterocycles. The van der Waals surface area contributed by atoms with Crippen molar-refractivity contribution >= 4 is 28.9 Å². The Bertz CT molecular complexity index is 654. The first-order valence-corrected chi connectivity index (χ1v) is 7.06. The Morgan fingerprint density at radius 2 is 2.05 bits per heavy atom. The maximum atomic E-state index is 12.8. The zero-order valence-electron chi connectivity index (χ0n) is 11.2. The predicted octanol–water partition coefficient (Wildman–Crippen LogP) is 2.65. The fourth-order valence-electron chi connectivity index (χ4n) is 1.65. The van der Waals surface area contributed by atoms with Crippen LogP contribution in [0.25, 0.3) is 0 Å².